The standard InChI is InChI=1S/C23H30ClN3O4S/c1-4-25-23(29)18(2)27(17-19-11-8-9-14-21(19)24)22(28)15-10-16-26(3)32(30,31)20-12-6-5-7-13-20/h5-9,11-14,18H,4,10,15-17H2,1-3H3,(H,25,29)/t18-/m1/s1. The molecule has 0 aromatic heterocycles. The van der Waals surface area contributed by atoms with E-state index in [1.54, 1.807) is 37.3 Å². The van der Waals surface area contributed by atoms with Crippen LogP contribution in [0.25, 0.3) is 0 Å². The Bertz CT molecular complexity index is 1010. The first-order valence-electron chi connectivity index (χ1n) is 10.5. The summed E-state index contributed by atoms with van der Waals surface area (Å²) in [5.74, 6) is -0.495. The molecule has 7 nitrogen and oxygen atoms in total. The third-order valence-electron chi connectivity index (χ3n) is 5.13. The zero-order chi connectivity index (χ0) is 23.7. The van der Waals surface area contributed by atoms with Gasteiger partial charge < -0.3 is 10.2 Å². The third kappa shape index (κ3) is 6.79. The number of halogens is 1. The molecular weight excluding hydrogens is 450 g/mol. The van der Waals surface area contributed by atoms with Crippen molar-refractivity contribution in [3.8, 4) is 0 Å². The van der Waals surface area contributed by atoms with Crippen molar-refractivity contribution in [2.24, 2.45) is 0 Å². The molecule has 0 saturated heterocycles. The molecular formula is C23H30ClN3O4S. The van der Waals surface area contributed by atoms with Crippen molar-refractivity contribution in [2.75, 3.05) is 20.1 Å². The second-order valence-corrected chi connectivity index (χ2v) is 9.88. The highest BCUT2D eigenvalue weighted by atomic mass is 35.5. The highest BCUT2D eigenvalue weighted by molar-refractivity contribution is 7.89. The average Bonchev–Trinajstić information content (AvgIpc) is 2.78. The number of sulfonamides is 1. The molecule has 2 rings (SSSR count). The van der Waals surface area contributed by atoms with Crippen molar-refractivity contribution in [1.29, 1.82) is 0 Å². The molecule has 9 heteroatoms. The van der Waals surface area contributed by atoms with Crippen LogP contribution in [0.5, 0.6) is 0 Å². The summed E-state index contributed by atoms with van der Waals surface area (Å²) < 4.78 is 26.5. The van der Waals surface area contributed by atoms with E-state index in [0.717, 1.165) is 5.56 Å². The lowest BCUT2D eigenvalue weighted by Crippen LogP contribution is -2.47. The van der Waals surface area contributed by atoms with Gasteiger partial charge in [-0.2, -0.15) is 0 Å². The lowest BCUT2D eigenvalue weighted by Gasteiger charge is -2.29. The van der Waals surface area contributed by atoms with Crippen LogP contribution in [0.2, 0.25) is 5.02 Å². The van der Waals surface area contributed by atoms with Crippen LogP contribution in [0.3, 0.4) is 0 Å². The van der Waals surface area contributed by atoms with Crippen LogP contribution in [0, 0.1) is 0 Å². The summed E-state index contributed by atoms with van der Waals surface area (Å²) in [5, 5.41) is 3.26. The van der Waals surface area contributed by atoms with Gasteiger partial charge in [0.15, 0.2) is 0 Å². The van der Waals surface area contributed by atoms with Crippen LogP contribution in [0.4, 0.5) is 0 Å². The topological polar surface area (TPSA) is 86.8 Å². The van der Waals surface area contributed by atoms with E-state index in [1.165, 1.54) is 28.4 Å². The summed E-state index contributed by atoms with van der Waals surface area (Å²) in [5.41, 5.74) is 0.738. The van der Waals surface area contributed by atoms with Gasteiger partial charge in [0.25, 0.3) is 0 Å². The second-order valence-electron chi connectivity index (χ2n) is 7.43. The highest BCUT2D eigenvalue weighted by Crippen LogP contribution is 2.20. The zero-order valence-electron chi connectivity index (χ0n) is 18.6. The van der Waals surface area contributed by atoms with Gasteiger partial charge in [-0.1, -0.05) is 48.0 Å². The monoisotopic (exact) mass is 479 g/mol. The number of carbonyl (C=O) groups is 2. The molecule has 0 unspecified atom stereocenters. The molecule has 174 valence electrons. The molecule has 2 aromatic carbocycles. The van der Waals surface area contributed by atoms with E-state index < -0.39 is 16.1 Å². The molecule has 1 N–H and O–H groups in total. The fraction of sp³-hybridized carbons (Fsp3) is 0.391. The van der Waals surface area contributed by atoms with Gasteiger partial charge in [0, 0.05) is 38.1 Å². The Morgan fingerprint density at radius 1 is 1.06 bits per heavy atom. The highest BCUT2D eigenvalue weighted by Gasteiger charge is 2.27. The van der Waals surface area contributed by atoms with Gasteiger partial charge in [0.2, 0.25) is 21.8 Å². The molecule has 0 bridgehead atoms. The molecule has 2 aromatic rings. The van der Waals surface area contributed by atoms with Gasteiger partial charge >= 0.3 is 0 Å². The summed E-state index contributed by atoms with van der Waals surface area (Å²) in [6.07, 6.45) is 0.422. The molecule has 0 fully saturated rings. The van der Waals surface area contributed by atoms with Gasteiger partial charge in [-0.3, -0.25) is 9.59 Å². The van der Waals surface area contributed by atoms with Crippen molar-refractivity contribution in [2.45, 2.75) is 44.2 Å². The Balaban J connectivity index is 2.07. The predicted molar refractivity (Wildman–Crippen MR) is 126 cm³/mol. The van der Waals surface area contributed by atoms with E-state index in [4.69, 9.17) is 11.6 Å². The van der Waals surface area contributed by atoms with Crippen molar-refractivity contribution in [1.82, 2.24) is 14.5 Å². The number of benzene rings is 2. The maximum absolute atomic E-state index is 13.0. The first-order chi connectivity index (χ1) is 15.2. The maximum Gasteiger partial charge on any atom is 0.242 e. The van der Waals surface area contributed by atoms with Crippen LogP contribution in [-0.2, 0) is 26.2 Å². The molecule has 0 aliphatic rings. The first kappa shape index (κ1) is 25.8. The number of nitrogens with one attached hydrogen (secondary N) is 1. The molecule has 32 heavy (non-hydrogen) atoms. The van der Waals surface area contributed by atoms with E-state index in [9.17, 15) is 18.0 Å². The number of rotatable bonds is 11. The van der Waals surface area contributed by atoms with Crippen LogP contribution >= 0.6 is 11.6 Å². The summed E-state index contributed by atoms with van der Waals surface area (Å²) in [6, 6.07) is 14.6. The molecule has 0 aliphatic carbocycles. The number of carbonyl (C=O) groups excluding carboxylic acids is 2. The Hall–Kier alpha value is -2.42. The molecule has 0 radical (unpaired) electrons. The van der Waals surface area contributed by atoms with Crippen molar-refractivity contribution in [3.05, 3.63) is 65.2 Å². The summed E-state index contributed by atoms with van der Waals surface area (Å²) in [7, 11) is -2.13. The minimum Gasteiger partial charge on any atom is -0.355 e. The summed E-state index contributed by atoms with van der Waals surface area (Å²) >= 11 is 6.26. The quantitative estimate of drug-likeness (QED) is 0.535. The number of likely N-dealkylation sites (N-methyl/N-ethyl adjacent to an activating group) is 1. The fourth-order valence-electron chi connectivity index (χ4n) is 3.20. The van der Waals surface area contributed by atoms with Crippen molar-refractivity contribution < 1.29 is 18.0 Å². The molecule has 0 aliphatic heterocycles. The maximum atomic E-state index is 13.0. The van der Waals surface area contributed by atoms with Gasteiger partial charge in [-0.25, -0.2) is 12.7 Å². The molecule has 2 amide bonds. The predicted octanol–water partition coefficient (Wildman–Crippen LogP) is 3.29. The van der Waals surface area contributed by atoms with Crippen molar-refractivity contribution >= 4 is 33.4 Å². The number of hydrogen-bond donors (Lipinski definition) is 1. The number of hydrogen-bond acceptors (Lipinski definition) is 4. The first-order valence-corrected chi connectivity index (χ1v) is 12.3. The lowest BCUT2D eigenvalue weighted by molar-refractivity contribution is -0.140. The van der Waals surface area contributed by atoms with Crippen molar-refractivity contribution in [3.63, 3.8) is 0 Å². The Morgan fingerprint density at radius 2 is 1.69 bits per heavy atom. The second kappa shape index (κ2) is 12.0. The minimum absolute atomic E-state index is 0.100. The van der Waals surface area contributed by atoms with E-state index in [2.05, 4.69) is 5.32 Å². The summed E-state index contributed by atoms with van der Waals surface area (Å²) in [4.78, 5) is 27.1. The molecule has 0 saturated carbocycles. The zero-order valence-corrected chi connectivity index (χ0v) is 20.2. The normalized spacial score (nSPS) is 12.4. The smallest absolute Gasteiger partial charge is 0.242 e. The van der Waals surface area contributed by atoms with Gasteiger partial charge in [0.1, 0.15) is 6.04 Å². The fourth-order valence-corrected chi connectivity index (χ4v) is 4.63. The average molecular weight is 480 g/mol. The third-order valence-corrected chi connectivity index (χ3v) is 7.37. The van der Waals surface area contributed by atoms with Crippen LogP contribution in [-0.4, -0.2) is 55.6 Å². The number of nitrogens with zero attached hydrogens (tertiary/aromatic N) is 2. The lowest BCUT2D eigenvalue weighted by atomic mass is 10.1. The van der Waals surface area contributed by atoms with Crippen LogP contribution in [0.15, 0.2) is 59.5 Å². The molecule has 0 heterocycles. The van der Waals surface area contributed by atoms with Gasteiger partial charge in [-0.05, 0) is 44.0 Å². The van der Waals surface area contributed by atoms with Gasteiger partial charge in [0.05, 0.1) is 4.90 Å². The van der Waals surface area contributed by atoms with E-state index in [1.807, 2.05) is 19.1 Å². The molecule has 0 spiro atoms. The van der Waals surface area contributed by atoms with Crippen LogP contribution in [0.1, 0.15) is 32.3 Å². The minimum atomic E-state index is -3.62. The Kier molecular flexibility index (Phi) is 9.68. The largest absolute Gasteiger partial charge is 0.355 e. The van der Waals surface area contributed by atoms with Gasteiger partial charge in [-0.15, -0.1) is 0 Å². The Labute approximate surface area is 195 Å². The summed E-state index contributed by atoms with van der Waals surface area (Å²) in [6.45, 7) is 4.31. The van der Waals surface area contributed by atoms with E-state index >= 15 is 0 Å². The SMILES string of the molecule is CCNC(=O)[C@@H](C)N(Cc1ccccc1Cl)C(=O)CCCN(C)S(=O)(=O)c1ccccc1. The number of amides is 2. The Morgan fingerprint density at radius 3 is 2.31 bits per heavy atom. The van der Waals surface area contributed by atoms with Crippen LogP contribution < -0.4 is 5.32 Å². The van der Waals surface area contributed by atoms with E-state index in [-0.39, 0.29) is 36.2 Å². The molecule has 1 atom stereocenters. The van der Waals surface area contributed by atoms with E-state index in [0.29, 0.717) is 18.0 Å².